The molecule has 33 heavy (non-hydrogen) atoms. The number of rotatable bonds is 4. The van der Waals surface area contributed by atoms with Crippen LogP contribution in [0.15, 0.2) is 76.4 Å². The number of aromatic nitrogens is 2. The van der Waals surface area contributed by atoms with Crippen molar-refractivity contribution in [3.63, 3.8) is 0 Å². The van der Waals surface area contributed by atoms with Gasteiger partial charge in [-0.05, 0) is 58.7 Å². The quantitative estimate of drug-likeness (QED) is 0.254. The summed E-state index contributed by atoms with van der Waals surface area (Å²) in [6.07, 6.45) is -2.34. The van der Waals surface area contributed by atoms with Crippen molar-refractivity contribution in [3.05, 3.63) is 77.0 Å². The fourth-order valence-electron chi connectivity index (χ4n) is 3.11. The molecule has 4 aromatic rings. The fraction of sp³-hybridized carbons (Fsp3) is 0.0909. The van der Waals surface area contributed by atoms with Gasteiger partial charge in [-0.2, -0.15) is 13.2 Å². The topological polar surface area (TPSA) is 78.3 Å². The van der Waals surface area contributed by atoms with Gasteiger partial charge >= 0.3 is 12.1 Å². The Kier molecular flexibility index (Phi) is 5.79. The Morgan fingerprint density at radius 1 is 1.06 bits per heavy atom. The molecule has 0 saturated carbocycles. The molecular formula is C22H14BrF3N2O4S. The summed E-state index contributed by atoms with van der Waals surface area (Å²) in [5, 5.41) is 0.473. The Bertz CT molecular complexity index is 1480. The third-order valence-corrected chi connectivity index (χ3v) is 7.05. The molecule has 0 radical (unpaired) electrons. The van der Waals surface area contributed by atoms with Crippen molar-refractivity contribution in [1.82, 2.24) is 8.96 Å². The molecule has 0 aliphatic rings. The molecule has 0 atom stereocenters. The maximum atomic E-state index is 13.1. The number of esters is 1. The van der Waals surface area contributed by atoms with E-state index in [1.54, 1.807) is 24.3 Å². The van der Waals surface area contributed by atoms with Gasteiger partial charge in [-0.15, -0.1) is 0 Å². The van der Waals surface area contributed by atoms with Crippen LogP contribution in [-0.4, -0.2) is 29.5 Å². The van der Waals surface area contributed by atoms with Gasteiger partial charge in [0.15, 0.2) is 5.65 Å². The van der Waals surface area contributed by atoms with E-state index < -0.39 is 22.2 Å². The summed E-state index contributed by atoms with van der Waals surface area (Å²) in [7, 11) is -3.91. The van der Waals surface area contributed by atoms with E-state index in [0.717, 1.165) is 9.54 Å². The van der Waals surface area contributed by atoms with Crippen molar-refractivity contribution in [2.45, 2.75) is 18.0 Å². The predicted molar refractivity (Wildman–Crippen MR) is 118 cm³/mol. The number of alkyl halides is 3. The van der Waals surface area contributed by atoms with Gasteiger partial charge < -0.3 is 4.74 Å². The largest absolute Gasteiger partial charge is 0.491 e. The monoisotopic (exact) mass is 538 g/mol. The summed E-state index contributed by atoms with van der Waals surface area (Å²) in [5.41, 5.74) is 2.00. The van der Waals surface area contributed by atoms with E-state index in [1.165, 1.54) is 42.7 Å². The zero-order valence-corrected chi connectivity index (χ0v) is 19.2. The van der Waals surface area contributed by atoms with Crippen LogP contribution in [-0.2, 0) is 14.8 Å². The molecule has 0 aliphatic heterocycles. The lowest BCUT2D eigenvalue weighted by Gasteiger charge is -2.09. The third-order valence-electron chi connectivity index (χ3n) is 4.75. The smallest absolute Gasteiger partial charge is 0.420 e. The molecule has 2 aromatic heterocycles. The number of hydrogen-bond acceptors (Lipinski definition) is 5. The van der Waals surface area contributed by atoms with Gasteiger partial charge in [0.25, 0.3) is 10.0 Å². The predicted octanol–water partition coefficient (Wildman–Crippen LogP) is 5.48. The lowest BCUT2D eigenvalue weighted by Crippen LogP contribution is -2.27. The molecule has 0 amide bonds. The van der Waals surface area contributed by atoms with Gasteiger partial charge in [-0.3, -0.25) is 0 Å². The molecule has 2 aromatic carbocycles. The average molecular weight is 539 g/mol. The molecule has 0 spiro atoms. The lowest BCUT2D eigenvalue weighted by atomic mass is 10.1. The Labute approximate surface area is 194 Å². The molecule has 170 valence electrons. The Balaban J connectivity index is 1.74. The van der Waals surface area contributed by atoms with Gasteiger partial charge in [-0.1, -0.05) is 29.8 Å². The summed E-state index contributed by atoms with van der Waals surface area (Å²) < 4.78 is 69.6. The molecule has 0 aliphatic carbocycles. The minimum Gasteiger partial charge on any atom is -0.420 e. The highest BCUT2D eigenvalue weighted by Gasteiger charge is 2.41. The zero-order chi connectivity index (χ0) is 24.0. The third kappa shape index (κ3) is 4.51. The number of pyridine rings is 1. The standard InChI is InChI=1S/C22H14BrF3N2O4S/c1-13-5-7-17(8-6-13)33(30,31)28-12-19(23)18-10-15(11-27-20(18)28)14-3-2-4-16(9-14)32-21(29)22(24,25)26/h2-12H,1H3. The highest BCUT2D eigenvalue weighted by molar-refractivity contribution is 9.10. The molecule has 0 bridgehead atoms. The van der Waals surface area contributed by atoms with E-state index in [0.29, 0.717) is 21.0 Å². The van der Waals surface area contributed by atoms with Crippen molar-refractivity contribution in [1.29, 1.82) is 0 Å². The Morgan fingerprint density at radius 2 is 1.76 bits per heavy atom. The number of carbonyl (C=O) groups is 1. The van der Waals surface area contributed by atoms with Gasteiger partial charge in [-0.25, -0.2) is 22.2 Å². The van der Waals surface area contributed by atoms with Crippen LogP contribution in [0.25, 0.3) is 22.2 Å². The molecular weight excluding hydrogens is 525 g/mol. The lowest BCUT2D eigenvalue weighted by molar-refractivity contribution is -0.189. The summed E-state index contributed by atoms with van der Waals surface area (Å²) in [5.74, 6) is -2.61. The summed E-state index contributed by atoms with van der Waals surface area (Å²) in [6.45, 7) is 1.85. The molecule has 11 heteroatoms. The second kappa shape index (κ2) is 8.31. The number of aryl methyl sites for hydroxylation is 1. The number of hydrogen-bond donors (Lipinski definition) is 0. The number of carbonyl (C=O) groups excluding carboxylic acids is 1. The number of halogens is 4. The fourth-order valence-corrected chi connectivity index (χ4v) is 5.07. The SMILES string of the molecule is Cc1ccc(S(=O)(=O)n2cc(Br)c3cc(-c4cccc(OC(=O)C(F)(F)F)c4)cnc32)cc1. The molecule has 6 nitrogen and oxygen atoms in total. The van der Waals surface area contributed by atoms with Crippen molar-refractivity contribution in [2.75, 3.05) is 0 Å². The van der Waals surface area contributed by atoms with Gasteiger partial charge in [0.1, 0.15) is 5.75 Å². The van der Waals surface area contributed by atoms with Crippen LogP contribution < -0.4 is 4.74 Å². The van der Waals surface area contributed by atoms with Crippen molar-refractivity contribution >= 4 is 43.0 Å². The van der Waals surface area contributed by atoms with Crippen LogP contribution in [0.5, 0.6) is 5.75 Å². The average Bonchev–Trinajstić information content (AvgIpc) is 3.10. The van der Waals surface area contributed by atoms with E-state index in [1.807, 2.05) is 6.92 Å². The first-order chi connectivity index (χ1) is 15.5. The Morgan fingerprint density at radius 3 is 2.42 bits per heavy atom. The minimum atomic E-state index is -5.12. The minimum absolute atomic E-state index is 0.0996. The normalized spacial score (nSPS) is 12.2. The molecule has 4 rings (SSSR count). The van der Waals surface area contributed by atoms with Crippen LogP contribution in [0, 0.1) is 6.92 Å². The van der Waals surface area contributed by atoms with Crippen molar-refractivity contribution in [3.8, 4) is 16.9 Å². The van der Waals surface area contributed by atoms with Gasteiger partial charge in [0, 0.05) is 27.8 Å². The van der Waals surface area contributed by atoms with E-state index in [4.69, 9.17) is 0 Å². The van der Waals surface area contributed by atoms with E-state index in [-0.39, 0.29) is 16.3 Å². The van der Waals surface area contributed by atoms with Crippen molar-refractivity contribution in [2.24, 2.45) is 0 Å². The number of benzene rings is 2. The molecule has 0 fully saturated rings. The van der Waals surface area contributed by atoms with Gasteiger partial charge in [0.05, 0.1) is 4.90 Å². The maximum Gasteiger partial charge on any atom is 0.491 e. The number of ether oxygens (including phenoxy) is 1. The highest BCUT2D eigenvalue weighted by Crippen LogP contribution is 2.33. The number of nitrogens with zero attached hydrogens (tertiary/aromatic N) is 2. The van der Waals surface area contributed by atoms with Crippen LogP contribution in [0.1, 0.15) is 5.56 Å². The zero-order valence-electron chi connectivity index (χ0n) is 16.8. The summed E-state index contributed by atoms with van der Waals surface area (Å²) in [4.78, 5) is 15.5. The van der Waals surface area contributed by atoms with Gasteiger partial charge in [0.2, 0.25) is 0 Å². The highest BCUT2D eigenvalue weighted by atomic mass is 79.9. The van der Waals surface area contributed by atoms with Crippen LogP contribution in [0.3, 0.4) is 0 Å². The van der Waals surface area contributed by atoms with E-state index in [9.17, 15) is 26.4 Å². The van der Waals surface area contributed by atoms with Crippen LogP contribution >= 0.6 is 15.9 Å². The molecule has 2 heterocycles. The second-order valence-corrected chi connectivity index (χ2v) is 9.77. The van der Waals surface area contributed by atoms with E-state index >= 15 is 0 Å². The number of fused-ring (bicyclic) bond motifs is 1. The van der Waals surface area contributed by atoms with Crippen LogP contribution in [0.2, 0.25) is 0 Å². The van der Waals surface area contributed by atoms with E-state index in [2.05, 4.69) is 25.7 Å². The molecule has 0 saturated heterocycles. The first kappa shape index (κ1) is 23.0. The second-order valence-electron chi connectivity index (χ2n) is 7.10. The Hall–Kier alpha value is -3.18. The first-order valence-electron chi connectivity index (χ1n) is 9.35. The maximum absolute atomic E-state index is 13.1. The molecule has 0 unspecified atom stereocenters. The summed E-state index contributed by atoms with van der Waals surface area (Å²) in [6, 6.07) is 13.6. The molecule has 0 N–H and O–H groups in total. The van der Waals surface area contributed by atoms with Crippen LogP contribution in [0.4, 0.5) is 13.2 Å². The first-order valence-corrected chi connectivity index (χ1v) is 11.6. The van der Waals surface area contributed by atoms with Crippen molar-refractivity contribution < 1.29 is 31.1 Å². The summed E-state index contributed by atoms with van der Waals surface area (Å²) >= 11 is 3.35.